The summed E-state index contributed by atoms with van der Waals surface area (Å²) in [5, 5.41) is 3.03. The Bertz CT molecular complexity index is 139. The normalized spacial score (nSPS) is 19.1. The number of hydrogen-bond acceptors (Lipinski definition) is 2. The van der Waals surface area contributed by atoms with Crippen LogP contribution in [0.1, 0.15) is 32.1 Å². The molecule has 0 aromatic rings. The van der Waals surface area contributed by atoms with Gasteiger partial charge in [-0.1, -0.05) is 13.0 Å². The van der Waals surface area contributed by atoms with Crippen LogP contribution in [-0.2, 0) is 4.74 Å². The van der Waals surface area contributed by atoms with E-state index in [9.17, 15) is 0 Å². The summed E-state index contributed by atoms with van der Waals surface area (Å²) in [5.74, 6) is 0.879. The minimum Gasteiger partial charge on any atom is -0.494 e. The molecule has 0 unspecified atom stereocenters. The van der Waals surface area contributed by atoms with Crippen LogP contribution < -0.4 is 5.32 Å². The lowest BCUT2D eigenvalue weighted by Gasteiger charge is -2.23. The first-order valence-corrected chi connectivity index (χ1v) is 4.82. The fourth-order valence-corrected chi connectivity index (χ4v) is 1.66. The van der Waals surface area contributed by atoms with Gasteiger partial charge in [0.15, 0.2) is 0 Å². The minimum absolute atomic E-state index is 0.444. The topological polar surface area (TPSA) is 21.3 Å². The summed E-state index contributed by atoms with van der Waals surface area (Å²) in [5.41, 5.74) is 0. The molecular weight excluding hydrogens is 150 g/mol. The molecular formula is C10H19NO. The molecule has 2 nitrogen and oxygen atoms in total. The van der Waals surface area contributed by atoms with Crippen molar-refractivity contribution in [1.29, 1.82) is 0 Å². The molecule has 70 valence electrons. The van der Waals surface area contributed by atoms with E-state index in [-0.39, 0.29) is 0 Å². The van der Waals surface area contributed by atoms with E-state index < -0.39 is 0 Å². The quantitative estimate of drug-likeness (QED) is 0.650. The van der Waals surface area contributed by atoms with Crippen LogP contribution >= 0.6 is 0 Å². The van der Waals surface area contributed by atoms with Gasteiger partial charge in [-0.25, -0.2) is 0 Å². The Morgan fingerprint density at radius 3 is 2.67 bits per heavy atom. The number of nitrogens with one attached hydrogen (secondary N) is 1. The monoisotopic (exact) mass is 169 g/mol. The summed E-state index contributed by atoms with van der Waals surface area (Å²) < 4.78 is 5.67. The van der Waals surface area contributed by atoms with Crippen molar-refractivity contribution in [3.63, 3.8) is 0 Å². The Balaban J connectivity index is 2.15. The summed E-state index contributed by atoms with van der Waals surface area (Å²) in [6, 6.07) is 0. The van der Waals surface area contributed by atoms with E-state index in [1.807, 2.05) is 7.05 Å². The zero-order valence-electron chi connectivity index (χ0n) is 7.94. The molecule has 0 heterocycles. The Labute approximate surface area is 75.0 Å². The van der Waals surface area contributed by atoms with Gasteiger partial charge in [0.25, 0.3) is 0 Å². The highest BCUT2D eigenvalue weighted by Crippen LogP contribution is 2.21. The van der Waals surface area contributed by atoms with E-state index in [2.05, 4.69) is 11.9 Å². The molecule has 1 rings (SSSR count). The molecule has 0 spiro atoms. The largest absolute Gasteiger partial charge is 0.494 e. The minimum atomic E-state index is 0.444. The van der Waals surface area contributed by atoms with Gasteiger partial charge in [-0.05, 0) is 32.7 Å². The predicted octanol–water partition coefficient (Wildman–Crippen LogP) is 2.07. The van der Waals surface area contributed by atoms with Crippen LogP contribution in [0.2, 0.25) is 0 Å². The standard InChI is InChI=1S/C10H19NO/c1-9(8-11-2)12-10-6-4-3-5-7-10/h10-11H,1,3-8H2,2H3. The van der Waals surface area contributed by atoms with Crippen LogP contribution in [0, 0.1) is 0 Å². The molecule has 0 aromatic heterocycles. The molecule has 1 N–H and O–H groups in total. The van der Waals surface area contributed by atoms with Crippen molar-refractivity contribution in [3.05, 3.63) is 12.3 Å². The van der Waals surface area contributed by atoms with Crippen molar-refractivity contribution in [2.24, 2.45) is 0 Å². The van der Waals surface area contributed by atoms with E-state index in [0.717, 1.165) is 12.3 Å². The summed E-state index contributed by atoms with van der Waals surface area (Å²) in [6.45, 7) is 4.63. The molecule has 0 amide bonds. The predicted molar refractivity (Wildman–Crippen MR) is 51.0 cm³/mol. The molecule has 1 aliphatic rings. The molecule has 2 heteroatoms. The van der Waals surface area contributed by atoms with E-state index in [0.29, 0.717) is 6.10 Å². The van der Waals surface area contributed by atoms with Crippen molar-refractivity contribution in [1.82, 2.24) is 5.32 Å². The molecule has 0 atom stereocenters. The molecule has 1 aliphatic carbocycles. The van der Waals surface area contributed by atoms with Crippen LogP contribution in [0.3, 0.4) is 0 Å². The van der Waals surface area contributed by atoms with E-state index >= 15 is 0 Å². The summed E-state index contributed by atoms with van der Waals surface area (Å²) in [4.78, 5) is 0. The second kappa shape index (κ2) is 5.20. The lowest BCUT2D eigenvalue weighted by atomic mass is 9.98. The zero-order valence-corrected chi connectivity index (χ0v) is 7.94. The van der Waals surface area contributed by atoms with Crippen molar-refractivity contribution in [2.75, 3.05) is 13.6 Å². The van der Waals surface area contributed by atoms with Gasteiger partial charge >= 0.3 is 0 Å². The maximum atomic E-state index is 5.67. The van der Waals surface area contributed by atoms with Gasteiger partial charge in [-0.3, -0.25) is 0 Å². The Hall–Kier alpha value is -0.500. The fourth-order valence-electron chi connectivity index (χ4n) is 1.66. The smallest absolute Gasteiger partial charge is 0.103 e. The molecule has 0 bridgehead atoms. The first kappa shape index (κ1) is 9.59. The second-order valence-corrected chi connectivity index (χ2v) is 3.45. The summed E-state index contributed by atoms with van der Waals surface area (Å²) in [7, 11) is 1.91. The molecule has 12 heavy (non-hydrogen) atoms. The van der Waals surface area contributed by atoms with Gasteiger partial charge in [0, 0.05) is 0 Å². The number of hydrogen-bond donors (Lipinski definition) is 1. The van der Waals surface area contributed by atoms with Gasteiger partial charge in [-0.15, -0.1) is 0 Å². The Morgan fingerprint density at radius 1 is 1.42 bits per heavy atom. The van der Waals surface area contributed by atoms with E-state index in [1.165, 1.54) is 32.1 Å². The molecule has 0 aromatic carbocycles. The fraction of sp³-hybridized carbons (Fsp3) is 0.800. The summed E-state index contributed by atoms with van der Waals surface area (Å²) >= 11 is 0. The zero-order chi connectivity index (χ0) is 8.81. The van der Waals surface area contributed by atoms with Crippen molar-refractivity contribution < 1.29 is 4.74 Å². The molecule has 1 saturated carbocycles. The van der Waals surface area contributed by atoms with Crippen molar-refractivity contribution >= 4 is 0 Å². The highest BCUT2D eigenvalue weighted by atomic mass is 16.5. The average molecular weight is 169 g/mol. The molecule has 0 radical (unpaired) electrons. The number of likely N-dealkylation sites (N-methyl/N-ethyl adjacent to an activating group) is 1. The third-order valence-electron chi connectivity index (χ3n) is 2.26. The van der Waals surface area contributed by atoms with Crippen LogP contribution in [0.5, 0.6) is 0 Å². The van der Waals surface area contributed by atoms with Crippen LogP contribution in [0.4, 0.5) is 0 Å². The maximum Gasteiger partial charge on any atom is 0.103 e. The van der Waals surface area contributed by atoms with Gasteiger partial charge in [0.2, 0.25) is 0 Å². The van der Waals surface area contributed by atoms with Gasteiger partial charge in [-0.2, -0.15) is 0 Å². The third-order valence-corrected chi connectivity index (χ3v) is 2.26. The molecule has 0 aliphatic heterocycles. The first-order valence-electron chi connectivity index (χ1n) is 4.82. The van der Waals surface area contributed by atoms with E-state index in [4.69, 9.17) is 4.74 Å². The second-order valence-electron chi connectivity index (χ2n) is 3.45. The highest BCUT2D eigenvalue weighted by Gasteiger charge is 2.14. The van der Waals surface area contributed by atoms with Gasteiger partial charge < -0.3 is 10.1 Å². The number of rotatable bonds is 4. The highest BCUT2D eigenvalue weighted by molar-refractivity contribution is 4.86. The van der Waals surface area contributed by atoms with Crippen molar-refractivity contribution in [3.8, 4) is 0 Å². The average Bonchev–Trinajstić information content (AvgIpc) is 2.06. The summed E-state index contributed by atoms with van der Waals surface area (Å²) in [6.07, 6.45) is 6.87. The van der Waals surface area contributed by atoms with Crippen LogP contribution in [-0.4, -0.2) is 19.7 Å². The lowest BCUT2D eigenvalue weighted by Crippen LogP contribution is -2.20. The molecule has 1 fully saturated rings. The maximum absolute atomic E-state index is 5.67. The lowest BCUT2D eigenvalue weighted by molar-refractivity contribution is 0.0805. The van der Waals surface area contributed by atoms with Gasteiger partial charge in [0.1, 0.15) is 5.76 Å². The van der Waals surface area contributed by atoms with Crippen molar-refractivity contribution in [2.45, 2.75) is 38.2 Å². The SMILES string of the molecule is C=C(CNC)OC1CCCCC1. The van der Waals surface area contributed by atoms with Gasteiger partial charge in [0.05, 0.1) is 12.6 Å². The van der Waals surface area contributed by atoms with Crippen LogP contribution in [0.25, 0.3) is 0 Å². The van der Waals surface area contributed by atoms with E-state index in [1.54, 1.807) is 0 Å². The Morgan fingerprint density at radius 2 is 2.08 bits per heavy atom. The number of ether oxygens (including phenoxy) is 1. The Kier molecular flexibility index (Phi) is 4.15. The molecule has 0 saturated heterocycles. The third kappa shape index (κ3) is 3.26. The van der Waals surface area contributed by atoms with Crippen LogP contribution in [0.15, 0.2) is 12.3 Å². The first-order chi connectivity index (χ1) is 5.83.